The first kappa shape index (κ1) is 18.7. The van der Waals surface area contributed by atoms with Crippen LogP contribution in [0, 0.1) is 5.92 Å². The molecule has 1 aromatic carbocycles. The van der Waals surface area contributed by atoms with E-state index in [1.807, 2.05) is 32.0 Å². The summed E-state index contributed by atoms with van der Waals surface area (Å²) in [5, 5.41) is 12.8. The summed E-state index contributed by atoms with van der Waals surface area (Å²) in [6, 6.07) is 5.58. The summed E-state index contributed by atoms with van der Waals surface area (Å²) < 4.78 is 5.71. The van der Waals surface area contributed by atoms with Crippen molar-refractivity contribution in [3.8, 4) is 5.75 Å². The molecule has 0 bridgehead atoms. The maximum atomic E-state index is 12.2. The van der Waals surface area contributed by atoms with E-state index in [-0.39, 0.29) is 23.9 Å². The lowest BCUT2D eigenvalue weighted by Crippen LogP contribution is -2.35. The first-order chi connectivity index (χ1) is 11.5. The highest BCUT2D eigenvalue weighted by Gasteiger charge is 2.37. The van der Waals surface area contributed by atoms with Crippen LogP contribution in [0.2, 0.25) is 0 Å². The van der Waals surface area contributed by atoms with Gasteiger partial charge in [0.25, 0.3) is 5.78 Å². The van der Waals surface area contributed by atoms with Crippen LogP contribution in [0.5, 0.6) is 5.75 Å². The van der Waals surface area contributed by atoms with Crippen LogP contribution in [-0.4, -0.2) is 29.9 Å². The Morgan fingerprint density at radius 2 is 2.04 bits per heavy atom. The van der Waals surface area contributed by atoms with Crippen LogP contribution in [0.3, 0.4) is 0 Å². The summed E-state index contributed by atoms with van der Waals surface area (Å²) in [7, 11) is 0. The zero-order valence-electron chi connectivity index (χ0n) is 13.9. The number of anilines is 2. The lowest BCUT2D eigenvalue weighted by molar-refractivity contribution is -0.120. The summed E-state index contributed by atoms with van der Waals surface area (Å²) in [5.74, 6) is -2.46. The lowest BCUT2D eigenvalue weighted by Gasteiger charge is -2.30. The maximum Gasteiger partial charge on any atom is 0.263 e. The number of carbonyl (C=O) groups is 2. The van der Waals surface area contributed by atoms with Crippen LogP contribution in [0.1, 0.15) is 13.8 Å². The second-order valence-corrected chi connectivity index (χ2v) is 5.58. The van der Waals surface area contributed by atoms with E-state index >= 15 is 0 Å². The minimum absolute atomic E-state index is 0. The zero-order chi connectivity index (χ0) is 17.4. The fourth-order valence-corrected chi connectivity index (χ4v) is 2.90. The number of Topliss-reactive ketones (excluding diaryl/α,β-unsaturated/α-hetero) is 1. The third-order valence-electron chi connectivity index (χ3n) is 4.20. The standard InChI is InChI=1S/C17H19N3O4.ClH/c1-3-20(4-2)9-5-6-11-13(7-9)24-16-14(19-11)10(17(18)23)8-12(21)15(16)22;/h5-8,10,19,21H,3-4H2,1-2H3,(H2,18,23);1H. The molecule has 1 amide bonds. The van der Waals surface area contributed by atoms with E-state index in [2.05, 4.69) is 10.2 Å². The molecule has 1 unspecified atom stereocenters. The quantitative estimate of drug-likeness (QED) is 0.754. The second kappa shape index (κ2) is 7.06. The van der Waals surface area contributed by atoms with Gasteiger partial charge in [-0.05, 0) is 32.1 Å². The van der Waals surface area contributed by atoms with Gasteiger partial charge >= 0.3 is 0 Å². The van der Waals surface area contributed by atoms with Gasteiger partial charge in [0.1, 0.15) is 5.92 Å². The van der Waals surface area contributed by atoms with E-state index in [1.54, 1.807) is 0 Å². The largest absolute Gasteiger partial charge is 0.504 e. The van der Waals surface area contributed by atoms with E-state index in [9.17, 15) is 14.7 Å². The van der Waals surface area contributed by atoms with Crippen molar-refractivity contribution >= 4 is 35.5 Å². The van der Waals surface area contributed by atoms with Gasteiger partial charge in [-0.1, -0.05) is 0 Å². The molecule has 8 heteroatoms. The van der Waals surface area contributed by atoms with Crippen LogP contribution in [0.15, 0.2) is 41.5 Å². The first-order valence-electron chi connectivity index (χ1n) is 7.79. The molecule has 0 aromatic heterocycles. The molecular formula is C17H20ClN3O4. The molecular weight excluding hydrogens is 346 g/mol. The highest BCUT2D eigenvalue weighted by atomic mass is 35.5. The number of fused-ring (bicyclic) bond motifs is 1. The van der Waals surface area contributed by atoms with Crippen LogP contribution in [0.25, 0.3) is 0 Å². The molecule has 0 fully saturated rings. The third kappa shape index (κ3) is 3.15. The summed E-state index contributed by atoms with van der Waals surface area (Å²) in [4.78, 5) is 25.9. The van der Waals surface area contributed by atoms with Gasteiger partial charge < -0.3 is 25.8 Å². The molecule has 4 N–H and O–H groups in total. The molecule has 134 valence electrons. The lowest BCUT2D eigenvalue weighted by atomic mass is 9.93. The van der Waals surface area contributed by atoms with Gasteiger partial charge in [-0.2, -0.15) is 0 Å². The number of nitrogens with two attached hydrogens (primary N) is 1. The van der Waals surface area contributed by atoms with Crippen LogP contribution in [-0.2, 0) is 9.59 Å². The van der Waals surface area contributed by atoms with E-state index in [4.69, 9.17) is 10.5 Å². The minimum atomic E-state index is -0.937. The average molecular weight is 366 g/mol. The SMILES string of the molecule is CCN(CC)c1ccc2c(c1)OC1=C(N2)C(C(N)=O)C=C(O)C1=O.Cl. The third-order valence-corrected chi connectivity index (χ3v) is 4.20. The maximum absolute atomic E-state index is 12.2. The number of benzene rings is 1. The molecule has 25 heavy (non-hydrogen) atoms. The van der Waals surface area contributed by atoms with Crippen molar-refractivity contribution < 1.29 is 19.4 Å². The van der Waals surface area contributed by atoms with E-state index in [0.29, 0.717) is 11.4 Å². The van der Waals surface area contributed by atoms with E-state index in [0.717, 1.165) is 24.9 Å². The summed E-state index contributed by atoms with van der Waals surface area (Å²) in [5.41, 5.74) is 7.21. The average Bonchev–Trinajstić information content (AvgIpc) is 2.57. The highest BCUT2D eigenvalue weighted by molar-refractivity contribution is 6.09. The smallest absolute Gasteiger partial charge is 0.263 e. The number of ether oxygens (including phenoxy) is 1. The molecule has 1 aromatic rings. The molecule has 1 atom stereocenters. The Kier molecular flexibility index (Phi) is 5.27. The number of carbonyl (C=O) groups excluding carboxylic acids is 2. The second-order valence-electron chi connectivity index (χ2n) is 5.58. The molecule has 1 heterocycles. The molecule has 2 aliphatic rings. The highest BCUT2D eigenvalue weighted by Crippen LogP contribution is 2.40. The fraction of sp³-hybridized carbons (Fsp3) is 0.294. The van der Waals surface area contributed by atoms with Gasteiger partial charge in [-0.25, -0.2) is 0 Å². The number of aliphatic hydroxyl groups excluding tert-OH is 1. The summed E-state index contributed by atoms with van der Waals surface area (Å²) in [6.07, 6.45) is 1.13. The number of amides is 1. The van der Waals surface area contributed by atoms with Crippen molar-refractivity contribution in [2.45, 2.75) is 13.8 Å². The fourth-order valence-electron chi connectivity index (χ4n) is 2.90. The van der Waals surface area contributed by atoms with E-state index in [1.165, 1.54) is 0 Å². The molecule has 1 aliphatic carbocycles. The number of nitrogens with zero attached hydrogens (tertiary/aromatic N) is 1. The Balaban J connectivity index is 0.00000225. The number of aliphatic hydroxyl groups is 1. The van der Waals surface area contributed by atoms with Gasteiger partial charge in [-0.15, -0.1) is 12.4 Å². The number of rotatable bonds is 4. The van der Waals surface area contributed by atoms with Gasteiger partial charge in [-0.3, -0.25) is 9.59 Å². The van der Waals surface area contributed by atoms with Crippen LogP contribution >= 0.6 is 12.4 Å². The topological polar surface area (TPSA) is 105 Å². The molecule has 0 saturated carbocycles. The number of primary amides is 1. The molecule has 3 rings (SSSR count). The molecule has 1 aliphatic heterocycles. The molecule has 0 saturated heterocycles. The van der Waals surface area contributed by atoms with Gasteiger partial charge in [0.15, 0.2) is 17.3 Å². The van der Waals surface area contributed by atoms with Crippen molar-refractivity contribution in [1.82, 2.24) is 0 Å². The minimum Gasteiger partial charge on any atom is -0.504 e. The normalized spacial score (nSPS) is 18.1. The predicted molar refractivity (Wildman–Crippen MR) is 96.9 cm³/mol. The summed E-state index contributed by atoms with van der Waals surface area (Å²) >= 11 is 0. The van der Waals surface area contributed by atoms with Gasteiger partial charge in [0, 0.05) is 24.8 Å². The molecule has 7 nitrogen and oxygen atoms in total. The van der Waals surface area contributed by atoms with Crippen LogP contribution < -0.4 is 20.7 Å². The number of halogens is 1. The molecule has 0 spiro atoms. The Labute approximate surface area is 151 Å². The van der Waals surface area contributed by atoms with Crippen molar-refractivity contribution in [1.29, 1.82) is 0 Å². The molecule has 0 radical (unpaired) electrons. The number of nitrogens with one attached hydrogen (secondary N) is 1. The number of hydrogen-bond acceptors (Lipinski definition) is 6. The van der Waals surface area contributed by atoms with Crippen molar-refractivity contribution in [2.24, 2.45) is 11.7 Å². The van der Waals surface area contributed by atoms with Crippen molar-refractivity contribution in [2.75, 3.05) is 23.3 Å². The number of ketones is 1. The predicted octanol–water partition coefficient (Wildman–Crippen LogP) is 2.10. The van der Waals surface area contributed by atoms with Gasteiger partial charge in [0.2, 0.25) is 5.91 Å². The van der Waals surface area contributed by atoms with Gasteiger partial charge in [0.05, 0.1) is 11.4 Å². The Hall–Kier alpha value is -2.67. The zero-order valence-corrected chi connectivity index (χ0v) is 14.7. The Morgan fingerprint density at radius 3 is 2.64 bits per heavy atom. The van der Waals surface area contributed by atoms with Crippen molar-refractivity contribution in [3.63, 3.8) is 0 Å². The van der Waals surface area contributed by atoms with Crippen LogP contribution in [0.4, 0.5) is 11.4 Å². The summed E-state index contributed by atoms with van der Waals surface area (Å²) in [6.45, 7) is 5.77. The Morgan fingerprint density at radius 1 is 1.36 bits per heavy atom. The number of hydrogen-bond donors (Lipinski definition) is 3. The Bertz CT molecular complexity index is 784. The first-order valence-corrected chi connectivity index (χ1v) is 7.79. The van der Waals surface area contributed by atoms with Crippen molar-refractivity contribution in [3.05, 3.63) is 41.5 Å². The van der Waals surface area contributed by atoms with E-state index < -0.39 is 23.4 Å². The monoisotopic (exact) mass is 365 g/mol.